The molecule has 0 radical (unpaired) electrons. The molecule has 23 heavy (non-hydrogen) atoms. The van der Waals surface area contributed by atoms with Gasteiger partial charge in [0.2, 0.25) is 14.7 Å². The van der Waals surface area contributed by atoms with E-state index in [0.717, 1.165) is 0 Å². The zero-order chi connectivity index (χ0) is 17.1. The van der Waals surface area contributed by atoms with Crippen LogP contribution in [0.25, 0.3) is 0 Å². The molecule has 0 saturated carbocycles. The maximum atomic E-state index is 12.3. The van der Waals surface area contributed by atoms with Crippen molar-refractivity contribution in [2.45, 2.75) is 11.7 Å². The van der Waals surface area contributed by atoms with E-state index in [1.807, 2.05) is 0 Å². The Bertz CT molecular complexity index is 671. The molecule has 4 unspecified atom stereocenters. The molecule has 124 valence electrons. The van der Waals surface area contributed by atoms with Crippen LogP contribution in [-0.2, 0) is 9.13 Å². The summed E-state index contributed by atoms with van der Waals surface area (Å²) < 4.78 is 24.7. The molecule has 0 spiro atoms. The van der Waals surface area contributed by atoms with Crippen LogP contribution in [0.5, 0.6) is 0 Å². The molecule has 0 aliphatic heterocycles. The lowest BCUT2D eigenvalue weighted by Gasteiger charge is -2.24. The predicted octanol–water partition coefficient (Wildman–Crippen LogP) is 2.87. The zero-order valence-electron chi connectivity index (χ0n) is 12.1. The van der Waals surface area contributed by atoms with E-state index in [2.05, 4.69) is 0 Å². The standard InChI is InChI=1S/C15H18O6P2/c16-14(12-7-3-1-4-8-12)22(18,19)11-23(20,21)15(17)13-9-5-2-6-10-13/h1-10,14-17H,11H2,(H,18,19)(H,20,21). The minimum atomic E-state index is -4.42. The molecule has 0 aliphatic carbocycles. The topological polar surface area (TPSA) is 115 Å². The number of aliphatic hydroxyl groups is 2. The van der Waals surface area contributed by atoms with Crippen LogP contribution in [0.2, 0.25) is 0 Å². The summed E-state index contributed by atoms with van der Waals surface area (Å²) in [6, 6.07) is 15.5. The monoisotopic (exact) mass is 356 g/mol. The van der Waals surface area contributed by atoms with Crippen molar-refractivity contribution in [3.63, 3.8) is 0 Å². The van der Waals surface area contributed by atoms with Gasteiger partial charge in [0.05, 0.1) is 0 Å². The molecule has 0 amide bonds. The normalized spacial score (nSPS) is 19.3. The number of rotatable bonds is 6. The van der Waals surface area contributed by atoms with Gasteiger partial charge in [-0.3, -0.25) is 9.13 Å². The first-order valence-corrected chi connectivity index (χ1v) is 10.7. The fourth-order valence-electron chi connectivity index (χ4n) is 2.16. The highest BCUT2D eigenvalue weighted by Gasteiger charge is 2.42. The first kappa shape index (κ1) is 18.1. The van der Waals surface area contributed by atoms with Gasteiger partial charge in [0.15, 0.2) is 11.7 Å². The quantitative estimate of drug-likeness (QED) is 0.592. The average molecular weight is 356 g/mol. The van der Waals surface area contributed by atoms with Gasteiger partial charge in [0, 0.05) is 0 Å². The summed E-state index contributed by atoms with van der Waals surface area (Å²) >= 11 is 0. The summed E-state index contributed by atoms with van der Waals surface area (Å²) in [5, 5.41) is 20.1. The van der Waals surface area contributed by atoms with E-state index in [0.29, 0.717) is 0 Å². The van der Waals surface area contributed by atoms with Crippen LogP contribution in [0, 0.1) is 0 Å². The Morgan fingerprint density at radius 2 is 1.00 bits per heavy atom. The van der Waals surface area contributed by atoms with Crippen LogP contribution >= 0.6 is 14.7 Å². The second-order valence-electron chi connectivity index (χ2n) is 5.22. The molecule has 2 rings (SSSR count). The molecule has 0 aliphatic rings. The summed E-state index contributed by atoms with van der Waals surface area (Å²) in [7, 11) is -8.84. The number of hydrogen-bond donors (Lipinski definition) is 4. The minimum absolute atomic E-state index is 0.174. The van der Waals surface area contributed by atoms with E-state index in [-0.39, 0.29) is 11.1 Å². The molecule has 0 bridgehead atoms. The average Bonchev–Trinajstić information content (AvgIpc) is 2.54. The maximum Gasteiger partial charge on any atom is 0.242 e. The Kier molecular flexibility index (Phi) is 5.58. The molecule has 4 atom stereocenters. The molecule has 0 aromatic heterocycles. The van der Waals surface area contributed by atoms with E-state index < -0.39 is 32.3 Å². The Morgan fingerprint density at radius 1 is 0.696 bits per heavy atom. The van der Waals surface area contributed by atoms with Crippen molar-refractivity contribution >= 4 is 14.7 Å². The van der Waals surface area contributed by atoms with E-state index >= 15 is 0 Å². The lowest BCUT2D eigenvalue weighted by molar-refractivity contribution is 0.228. The van der Waals surface area contributed by atoms with Crippen molar-refractivity contribution in [3.05, 3.63) is 71.8 Å². The van der Waals surface area contributed by atoms with Gasteiger partial charge < -0.3 is 20.0 Å². The fraction of sp³-hybridized carbons (Fsp3) is 0.200. The highest BCUT2D eigenvalue weighted by atomic mass is 31.2. The van der Waals surface area contributed by atoms with Gasteiger partial charge in [-0.05, 0) is 11.1 Å². The number of aliphatic hydroxyl groups excluding tert-OH is 2. The lowest BCUT2D eigenvalue weighted by atomic mass is 10.2. The van der Waals surface area contributed by atoms with Crippen molar-refractivity contribution in [2.75, 3.05) is 5.90 Å². The Labute approximate surface area is 134 Å². The van der Waals surface area contributed by atoms with Crippen molar-refractivity contribution in [2.24, 2.45) is 0 Å². The van der Waals surface area contributed by atoms with Crippen LogP contribution in [0.15, 0.2) is 60.7 Å². The van der Waals surface area contributed by atoms with E-state index in [1.165, 1.54) is 24.3 Å². The number of hydrogen-bond acceptors (Lipinski definition) is 4. The largest absolute Gasteiger partial charge is 0.378 e. The minimum Gasteiger partial charge on any atom is -0.378 e. The predicted molar refractivity (Wildman–Crippen MR) is 87.3 cm³/mol. The lowest BCUT2D eigenvalue weighted by Crippen LogP contribution is -2.07. The molecule has 4 N–H and O–H groups in total. The molecule has 6 nitrogen and oxygen atoms in total. The molecule has 2 aromatic rings. The second kappa shape index (κ2) is 7.10. The third kappa shape index (κ3) is 4.39. The van der Waals surface area contributed by atoms with Crippen LogP contribution in [-0.4, -0.2) is 25.9 Å². The molecular formula is C15H18O6P2. The molecule has 0 heterocycles. The zero-order valence-corrected chi connectivity index (χ0v) is 13.9. The van der Waals surface area contributed by atoms with Gasteiger partial charge in [-0.1, -0.05) is 60.7 Å². The van der Waals surface area contributed by atoms with Gasteiger partial charge in [-0.25, -0.2) is 0 Å². The van der Waals surface area contributed by atoms with Gasteiger partial charge in [0.1, 0.15) is 5.90 Å². The molecule has 8 heteroatoms. The third-order valence-electron chi connectivity index (χ3n) is 3.37. The highest BCUT2D eigenvalue weighted by Crippen LogP contribution is 2.68. The van der Waals surface area contributed by atoms with Gasteiger partial charge >= 0.3 is 0 Å². The molecule has 2 aromatic carbocycles. The smallest absolute Gasteiger partial charge is 0.242 e. The number of benzene rings is 2. The van der Waals surface area contributed by atoms with Crippen molar-refractivity contribution in [1.29, 1.82) is 0 Å². The summed E-state index contributed by atoms with van der Waals surface area (Å²) in [6.07, 6.45) is 0. The van der Waals surface area contributed by atoms with Crippen molar-refractivity contribution < 1.29 is 29.1 Å². The van der Waals surface area contributed by atoms with Gasteiger partial charge in [0.25, 0.3) is 0 Å². The van der Waals surface area contributed by atoms with Crippen LogP contribution < -0.4 is 0 Å². The van der Waals surface area contributed by atoms with Crippen molar-refractivity contribution in [1.82, 2.24) is 0 Å². The molecular weight excluding hydrogens is 338 g/mol. The maximum absolute atomic E-state index is 12.3. The third-order valence-corrected chi connectivity index (χ3v) is 8.73. The van der Waals surface area contributed by atoms with E-state index in [1.54, 1.807) is 36.4 Å². The second-order valence-corrected chi connectivity index (χ2v) is 10.4. The van der Waals surface area contributed by atoms with Crippen LogP contribution in [0.3, 0.4) is 0 Å². The summed E-state index contributed by atoms with van der Waals surface area (Å²) in [5.74, 6) is -4.65. The fourth-order valence-corrected chi connectivity index (χ4v) is 7.00. The van der Waals surface area contributed by atoms with E-state index in [9.17, 15) is 29.1 Å². The summed E-state index contributed by atoms with van der Waals surface area (Å²) in [4.78, 5) is 20.1. The summed E-state index contributed by atoms with van der Waals surface area (Å²) in [6.45, 7) is 0. The van der Waals surface area contributed by atoms with E-state index in [4.69, 9.17) is 0 Å². The highest BCUT2D eigenvalue weighted by molar-refractivity contribution is 7.75. The summed E-state index contributed by atoms with van der Waals surface area (Å²) in [5.41, 5.74) is 0.347. The molecule has 0 saturated heterocycles. The van der Waals surface area contributed by atoms with Crippen LogP contribution in [0.1, 0.15) is 22.8 Å². The van der Waals surface area contributed by atoms with Gasteiger partial charge in [-0.15, -0.1) is 0 Å². The van der Waals surface area contributed by atoms with Gasteiger partial charge in [-0.2, -0.15) is 0 Å². The van der Waals surface area contributed by atoms with Crippen molar-refractivity contribution in [3.8, 4) is 0 Å². The molecule has 0 fully saturated rings. The Balaban J connectivity index is 2.21. The SMILES string of the molecule is O=P(O)(CP(=O)(O)C(O)c1ccccc1)C(O)c1ccccc1. The first-order chi connectivity index (χ1) is 10.7. The van der Waals surface area contributed by atoms with Crippen LogP contribution in [0.4, 0.5) is 0 Å². The Hall–Kier alpha value is -1.26. The Morgan fingerprint density at radius 3 is 1.30 bits per heavy atom. The first-order valence-electron chi connectivity index (χ1n) is 6.83.